The molecule has 1 fully saturated rings. The third-order valence-corrected chi connectivity index (χ3v) is 19.3. The van der Waals surface area contributed by atoms with Gasteiger partial charge in [0.2, 0.25) is 0 Å². The van der Waals surface area contributed by atoms with Gasteiger partial charge in [-0.05, 0) is 226 Å². The molecule has 0 saturated heterocycles. The number of imidazole rings is 1. The van der Waals surface area contributed by atoms with E-state index in [1.807, 2.05) is 49.3 Å². The Balaban J connectivity index is 0.801. The van der Waals surface area contributed by atoms with Crippen molar-refractivity contribution in [1.29, 1.82) is 5.26 Å². The van der Waals surface area contributed by atoms with E-state index in [-0.39, 0.29) is 11.8 Å². The summed E-state index contributed by atoms with van der Waals surface area (Å²) in [5, 5.41) is 29.1. The number of hydrogen-bond donors (Lipinski definition) is 0. The Bertz CT molecular complexity index is 4260. The molecule has 1 aliphatic carbocycles. The summed E-state index contributed by atoms with van der Waals surface area (Å²) in [6.45, 7) is 19.5. The Morgan fingerprint density at radius 2 is 1.37 bits per heavy atom. The molecule has 0 bridgehead atoms. The van der Waals surface area contributed by atoms with Crippen molar-refractivity contribution in [2.75, 3.05) is 35.3 Å². The lowest BCUT2D eigenvalue weighted by Gasteiger charge is -2.31. The second kappa shape index (κ2) is 23.5. The van der Waals surface area contributed by atoms with Gasteiger partial charge in [0.05, 0.1) is 58.2 Å². The van der Waals surface area contributed by atoms with E-state index in [0.717, 1.165) is 155 Å². The summed E-state index contributed by atoms with van der Waals surface area (Å²) in [7, 11) is 4.22. The highest BCUT2D eigenvalue weighted by molar-refractivity contribution is 9.10. The number of nitriles is 1. The zero-order valence-electron chi connectivity index (χ0n) is 50.5. The van der Waals surface area contributed by atoms with Crippen LogP contribution in [0.2, 0.25) is 0 Å². The first kappa shape index (κ1) is 57.5. The summed E-state index contributed by atoms with van der Waals surface area (Å²) in [6, 6.07) is 46.5. The molecule has 0 spiro atoms. The van der Waals surface area contributed by atoms with Gasteiger partial charge in [-0.25, -0.2) is 9.67 Å². The fourth-order valence-electron chi connectivity index (χ4n) is 13.1. The van der Waals surface area contributed by atoms with Gasteiger partial charge >= 0.3 is 0 Å². The Kier molecular flexibility index (Phi) is 15.7. The van der Waals surface area contributed by atoms with E-state index in [0.29, 0.717) is 6.42 Å². The monoisotopic (exact) mass is 1220 g/mol. The zero-order chi connectivity index (χ0) is 60.1. The lowest BCUT2D eigenvalue weighted by atomic mass is 9.77. The summed E-state index contributed by atoms with van der Waals surface area (Å²) in [4.78, 5) is 12.3. The maximum absolute atomic E-state index is 11.1. The highest BCUT2D eigenvalue weighted by Crippen LogP contribution is 2.51. The topological polar surface area (TPSA) is 147 Å². The number of rotatable bonds is 17. The van der Waals surface area contributed by atoms with Gasteiger partial charge in [0.1, 0.15) is 11.5 Å². The number of anilines is 6. The van der Waals surface area contributed by atoms with E-state index in [2.05, 4.69) is 226 Å². The molecule has 3 atom stereocenters. The molecule has 12 rings (SSSR count). The quantitative estimate of drug-likeness (QED) is 0.0855. The molecule has 0 radical (unpaired) electrons. The third kappa shape index (κ3) is 10.7. The van der Waals surface area contributed by atoms with Crippen LogP contribution in [0.5, 0.6) is 0 Å². The Labute approximate surface area is 515 Å². The Morgan fingerprint density at radius 1 is 0.733 bits per heavy atom. The summed E-state index contributed by atoms with van der Waals surface area (Å²) >= 11 is 5.38. The van der Waals surface area contributed by atoms with Gasteiger partial charge in [0, 0.05) is 99.6 Å². The first-order chi connectivity index (χ1) is 41.5. The third-order valence-electron chi connectivity index (χ3n) is 17.8. The van der Waals surface area contributed by atoms with Crippen LogP contribution in [-0.2, 0) is 11.8 Å². The first-order valence-corrected chi connectivity index (χ1v) is 30.8. The van der Waals surface area contributed by atoms with E-state index in [9.17, 15) is 5.26 Å². The first-order valence-electron chi connectivity index (χ1n) is 29.3. The molecule has 86 heavy (non-hydrogen) atoms. The fourth-order valence-corrected chi connectivity index (χ4v) is 14.4. The number of halogens is 1. The fraction of sp³-hybridized carbons (Fsp3) is 0.271. The smallest absolute Gasteiger partial charge is 0.141 e. The van der Waals surface area contributed by atoms with E-state index in [1.54, 1.807) is 12.5 Å². The molecule has 1 aliphatic rings. The average Bonchev–Trinajstić information content (AvgIpc) is 2.19. The summed E-state index contributed by atoms with van der Waals surface area (Å²) in [5.74, 6) is 2.00. The molecule has 0 aliphatic heterocycles. The van der Waals surface area contributed by atoms with Crippen LogP contribution in [0, 0.1) is 65.7 Å². The lowest BCUT2D eigenvalue weighted by molar-refractivity contribution is 0.393. The van der Waals surface area contributed by atoms with Gasteiger partial charge in [-0.3, -0.25) is 0 Å². The molecule has 0 amide bonds. The molecule has 11 aromatic rings. The molecular weight excluding hydrogens is 1150 g/mol. The zero-order valence-corrected chi connectivity index (χ0v) is 52.9. The van der Waals surface area contributed by atoms with Crippen molar-refractivity contribution in [2.45, 2.75) is 99.3 Å². The number of aromatic nitrogens is 8. The van der Waals surface area contributed by atoms with Crippen LogP contribution >= 0.6 is 27.5 Å². The second-order valence-electron chi connectivity index (χ2n) is 23.1. The van der Waals surface area contributed by atoms with Crippen molar-refractivity contribution >= 4 is 61.6 Å². The van der Waals surface area contributed by atoms with Gasteiger partial charge in [0.25, 0.3) is 0 Å². The van der Waals surface area contributed by atoms with Crippen molar-refractivity contribution in [3.05, 3.63) is 212 Å². The molecule has 1 saturated carbocycles. The molecule has 2 unspecified atom stereocenters. The van der Waals surface area contributed by atoms with Crippen molar-refractivity contribution in [2.24, 2.45) is 5.92 Å². The van der Waals surface area contributed by atoms with Crippen LogP contribution < -0.4 is 14.7 Å². The largest absolute Gasteiger partial charge is 0.361 e. The van der Waals surface area contributed by atoms with Gasteiger partial charge in [-0.2, -0.15) is 9.64 Å². The molecule has 6 aromatic carbocycles. The van der Waals surface area contributed by atoms with E-state index >= 15 is 0 Å². The molecule has 434 valence electrons. The number of benzene rings is 6. The minimum Gasteiger partial charge on any atom is -0.361 e. The average molecular weight is 1220 g/mol. The van der Waals surface area contributed by atoms with E-state index < -0.39 is 5.41 Å². The SMILES string of the molecule is CCN(c1ccc(-n2cc(Cc3ccc(-c4c(C)nsc4C)cc3N(C)c3ccc(-n4ccnc4)c(Br)c3)nn2)cc1)c1cc(-c2c(C)noc2C)ccc1[C@H](C)C1CCC(C#N)(c2ccc(N(C)c3cc(-c4c(C)noc4C)ccc3C)cc2)C1. The Morgan fingerprint density at radius 3 is 2.00 bits per heavy atom. The number of nitrogens with zero attached hydrogens (tertiary/aromatic N) is 12. The van der Waals surface area contributed by atoms with Crippen molar-refractivity contribution in [3.63, 3.8) is 0 Å². The normalized spacial score (nSPS) is 15.3. The Hall–Kier alpha value is -8.91. The molecule has 5 aromatic heterocycles. The molecule has 0 N–H and O–H groups in total. The van der Waals surface area contributed by atoms with Crippen LogP contribution in [0.25, 0.3) is 44.8 Å². The van der Waals surface area contributed by atoms with Crippen molar-refractivity contribution in [3.8, 4) is 50.8 Å². The highest BCUT2D eigenvalue weighted by atomic mass is 79.9. The van der Waals surface area contributed by atoms with Crippen molar-refractivity contribution in [1.82, 2.24) is 39.2 Å². The van der Waals surface area contributed by atoms with Gasteiger partial charge in [0.15, 0.2) is 0 Å². The van der Waals surface area contributed by atoms with E-state index in [1.165, 1.54) is 27.5 Å². The van der Waals surface area contributed by atoms with Gasteiger partial charge in [-0.15, -0.1) is 5.10 Å². The molecule has 16 heteroatoms. The number of aryl methyl sites for hydroxylation is 7. The van der Waals surface area contributed by atoms with Gasteiger partial charge in [-0.1, -0.05) is 71.0 Å². The predicted molar refractivity (Wildman–Crippen MR) is 348 cm³/mol. The molecule has 5 heterocycles. The molecule has 14 nitrogen and oxygen atoms in total. The van der Waals surface area contributed by atoms with Crippen LogP contribution in [0.4, 0.5) is 34.1 Å². The van der Waals surface area contributed by atoms with Crippen LogP contribution in [0.15, 0.2) is 160 Å². The molecular formula is C70H69BrN12O2S. The lowest BCUT2D eigenvalue weighted by Crippen LogP contribution is -2.23. The van der Waals surface area contributed by atoms with Gasteiger partial charge < -0.3 is 28.3 Å². The maximum Gasteiger partial charge on any atom is 0.141 e. The van der Waals surface area contributed by atoms with Crippen LogP contribution in [-0.4, -0.2) is 59.9 Å². The van der Waals surface area contributed by atoms with Crippen molar-refractivity contribution < 1.29 is 9.05 Å². The predicted octanol–water partition coefficient (Wildman–Crippen LogP) is 17.5. The second-order valence-corrected chi connectivity index (χ2v) is 24.9. The van der Waals surface area contributed by atoms with E-state index in [4.69, 9.17) is 19.4 Å². The summed E-state index contributed by atoms with van der Waals surface area (Å²) in [6.07, 6.45) is 10.6. The minimum atomic E-state index is -0.608. The minimum absolute atomic E-state index is 0.145. The number of hydrogen-bond acceptors (Lipinski definition) is 13. The summed E-state index contributed by atoms with van der Waals surface area (Å²) in [5.41, 5.74) is 22.4. The maximum atomic E-state index is 11.1. The summed E-state index contributed by atoms with van der Waals surface area (Å²) < 4.78 is 20.7. The van der Waals surface area contributed by atoms with Crippen LogP contribution in [0.3, 0.4) is 0 Å². The highest BCUT2D eigenvalue weighted by Gasteiger charge is 2.43. The standard InChI is InChI=1S/C70H69BrN12O2S/c1-12-82(58-22-24-59(25-23-58)83-39-56(74-78-83)33-50-15-16-53(69-46(6)77-86-49(69)9)35-65(50)80(11)60-26-28-63(62(71)37-60)81-32-31-73-41-81)66-36-52(68-45(5)76-85-48(68)8)17-27-61(66)43(3)54-29-30-70(38-54,40-72)55-18-20-57(21-19-55)79(10)64-34-51(14-13-42(64)2)67-44(4)75-84-47(67)7/h13-28,31-32,34-37,39,41,43,54H,12,29-30,33,38H2,1-11H3/t43-,54?,70?/m1/s1. The van der Waals surface area contributed by atoms with Crippen LogP contribution in [0.1, 0.15) is 100 Å².